The SMILES string of the molecule is CC(=O)CC=C(C)C.CC(=O)CC=C(C)C. The van der Waals surface area contributed by atoms with Crippen LogP contribution >= 0.6 is 0 Å². The standard InChI is InChI=1S/2C7H12O/c2*1-6(2)4-5-7(3)8/h2*4H,5H2,1-3H3. The Balaban J connectivity index is 0. The largest absolute Gasteiger partial charge is 0.300 e. The number of hydrogen-bond donors (Lipinski definition) is 0. The predicted molar refractivity (Wildman–Crippen MR) is 69.5 cm³/mol. The predicted octanol–water partition coefficient (Wildman–Crippen LogP) is 3.86. The van der Waals surface area contributed by atoms with Crippen LogP contribution in [-0.2, 0) is 9.59 Å². The Bertz CT molecular complexity index is 245. The molecule has 0 bridgehead atoms. The third-order valence-corrected chi connectivity index (χ3v) is 1.60. The van der Waals surface area contributed by atoms with E-state index in [1.807, 2.05) is 39.8 Å². The zero-order valence-electron chi connectivity index (χ0n) is 11.4. The third kappa shape index (κ3) is 23.0. The van der Waals surface area contributed by atoms with Gasteiger partial charge in [0.1, 0.15) is 11.6 Å². The van der Waals surface area contributed by atoms with Gasteiger partial charge in [0.25, 0.3) is 0 Å². The molecule has 0 unspecified atom stereocenters. The zero-order valence-corrected chi connectivity index (χ0v) is 11.4. The fraction of sp³-hybridized carbons (Fsp3) is 0.571. The monoisotopic (exact) mass is 224 g/mol. The van der Waals surface area contributed by atoms with Crippen LogP contribution < -0.4 is 0 Å². The summed E-state index contributed by atoms with van der Waals surface area (Å²) in [4.78, 5) is 20.6. The van der Waals surface area contributed by atoms with Crippen LogP contribution in [-0.4, -0.2) is 11.6 Å². The second kappa shape index (κ2) is 10.3. The first-order chi connectivity index (χ1) is 7.25. The summed E-state index contributed by atoms with van der Waals surface area (Å²) in [6.07, 6.45) is 5.04. The van der Waals surface area contributed by atoms with Gasteiger partial charge in [0.05, 0.1) is 0 Å². The van der Waals surface area contributed by atoms with Gasteiger partial charge < -0.3 is 0 Å². The first kappa shape index (κ1) is 17.2. The molecular weight excluding hydrogens is 200 g/mol. The second-order valence-corrected chi connectivity index (χ2v) is 4.38. The maximum absolute atomic E-state index is 10.3. The van der Waals surface area contributed by atoms with E-state index in [1.165, 1.54) is 11.1 Å². The molecular formula is C14H24O2. The third-order valence-electron chi connectivity index (χ3n) is 1.60. The number of ketones is 2. The quantitative estimate of drug-likeness (QED) is 0.679. The summed E-state index contributed by atoms with van der Waals surface area (Å²) < 4.78 is 0. The number of Topliss-reactive ketones (excluding diaryl/α,β-unsaturated/α-hetero) is 2. The lowest BCUT2D eigenvalue weighted by molar-refractivity contribution is -0.117. The number of allylic oxidation sites excluding steroid dienone is 4. The van der Waals surface area contributed by atoms with Crippen LogP contribution in [0.25, 0.3) is 0 Å². The number of rotatable bonds is 4. The van der Waals surface area contributed by atoms with Crippen LogP contribution in [0.4, 0.5) is 0 Å². The summed E-state index contributed by atoms with van der Waals surface area (Å²) in [6.45, 7) is 11.1. The Labute approximate surface area is 99.4 Å². The highest BCUT2D eigenvalue weighted by Gasteiger charge is 1.85. The lowest BCUT2D eigenvalue weighted by Crippen LogP contribution is -1.84. The molecule has 0 aromatic heterocycles. The van der Waals surface area contributed by atoms with Crippen LogP contribution in [0.2, 0.25) is 0 Å². The van der Waals surface area contributed by atoms with Gasteiger partial charge in [0.2, 0.25) is 0 Å². The fourth-order valence-electron chi connectivity index (χ4n) is 0.696. The minimum absolute atomic E-state index is 0.228. The maximum atomic E-state index is 10.3. The van der Waals surface area contributed by atoms with Crippen molar-refractivity contribution < 1.29 is 9.59 Å². The molecule has 0 atom stereocenters. The van der Waals surface area contributed by atoms with Crippen LogP contribution in [0.15, 0.2) is 23.3 Å². The number of carbonyl (C=O) groups excluding carboxylic acids is 2. The first-order valence-electron chi connectivity index (χ1n) is 5.51. The van der Waals surface area contributed by atoms with Crippen LogP contribution in [0.3, 0.4) is 0 Å². The van der Waals surface area contributed by atoms with Crippen LogP contribution in [0.1, 0.15) is 54.4 Å². The Morgan fingerprint density at radius 2 is 0.938 bits per heavy atom. The molecule has 0 spiro atoms. The molecule has 0 aliphatic rings. The normalized spacial score (nSPS) is 8.38. The fourth-order valence-corrected chi connectivity index (χ4v) is 0.696. The van der Waals surface area contributed by atoms with E-state index in [2.05, 4.69) is 0 Å². The molecule has 2 heteroatoms. The average Bonchev–Trinajstić information content (AvgIpc) is 2.12. The van der Waals surface area contributed by atoms with Crippen molar-refractivity contribution in [2.45, 2.75) is 54.4 Å². The molecule has 0 radical (unpaired) electrons. The molecule has 0 aliphatic carbocycles. The highest BCUT2D eigenvalue weighted by Crippen LogP contribution is 1.92. The number of carbonyl (C=O) groups is 2. The van der Waals surface area contributed by atoms with Gasteiger partial charge in [-0.3, -0.25) is 9.59 Å². The first-order valence-corrected chi connectivity index (χ1v) is 5.51. The van der Waals surface area contributed by atoms with Gasteiger partial charge in [-0.15, -0.1) is 0 Å². The van der Waals surface area contributed by atoms with Gasteiger partial charge >= 0.3 is 0 Å². The molecule has 2 nitrogen and oxygen atoms in total. The molecule has 0 saturated carbocycles. The van der Waals surface area contributed by atoms with E-state index in [0.29, 0.717) is 12.8 Å². The highest BCUT2D eigenvalue weighted by atomic mass is 16.1. The van der Waals surface area contributed by atoms with Crippen molar-refractivity contribution in [2.75, 3.05) is 0 Å². The molecule has 0 amide bonds. The average molecular weight is 224 g/mol. The Morgan fingerprint density at radius 3 is 1.00 bits per heavy atom. The van der Waals surface area contributed by atoms with Gasteiger partial charge in [-0.05, 0) is 41.5 Å². The van der Waals surface area contributed by atoms with Crippen LogP contribution in [0.5, 0.6) is 0 Å². The molecule has 0 N–H and O–H groups in total. The Hall–Kier alpha value is -1.18. The molecule has 0 aromatic rings. The zero-order chi connectivity index (χ0) is 13.1. The summed E-state index contributed by atoms with van der Waals surface area (Å²) in [5.41, 5.74) is 2.42. The molecule has 92 valence electrons. The molecule has 0 aromatic carbocycles. The summed E-state index contributed by atoms with van der Waals surface area (Å²) in [6, 6.07) is 0. The highest BCUT2D eigenvalue weighted by molar-refractivity contribution is 5.77. The minimum Gasteiger partial charge on any atom is -0.300 e. The summed E-state index contributed by atoms with van der Waals surface area (Å²) in [5, 5.41) is 0. The van der Waals surface area contributed by atoms with Crippen molar-refractivity contribution >= 4 is 11.6 Å². The van der Waals surface area contributed by atoms with E-state index in [4.69, 9.17) is 0 Å². The Kier molecular flexibility index (Phi) is 11.1. The van der Waals surface area contributed by atoms with E-state index in [0.717, 1.165) is 0 Å². The van der Waals surface area contributed by atoms with E-state index < -0.39 is 0 Å². The molecule has 0 saturated heterocycles. The van der Waals surface area contributed by atoms with Crippen molar-refractivity contribution in [3.05, 3.63) is 23.3 Å². The summed E-state index contributed by atoms with van der Waals surface area (Å²) >= 11 is 0. The molecule has 0 aliphatic heterocycles. The van der Waals surface area contributed by atoms with Gasteiger partial charge in [0, 0.05) is 12.8 Å². The second-order valence-electron chi connectivity index (χ2n) is 4.38. The van der Waals surface area contributed by atoms with Crippen molar-refractivity contribution in [1.82, 2.24) is 0 Å². The van der Waals surface area contributed by atoms with E-state index in [-0.39, 0.29) is 11.6 Å². The number of hydrogen-bond acceptors (Lipinski definition) is 2. The van der Waals surface area contributed by atoms with Gasteiger partial charge in [-0.2, -0.15) is 0 Å². The van der Waals surface area contributed by atoms with Crippen LogP contribution in [0, 0.1) is 0 Å². The van der Waals surface area contributed by atoms with Gasteiger partial charge in [0.15, 0.2) is 0 Å². The smallest absolute Gasteiger partial charge is 0.133 e. The lowest BCUT2D eigenvalue weighted by Gasteiger charge is -1.85. The minimum atomic E-state index is 0.228. The summed E-state index contributed by atoms with van der Waals surface area (Å²) in [7, 11) is 0. The van der Waals surface area contributed by atoms with Gasteiger partial charge in [-0.1, -0.05) is 23.3 Å². The summed E-state index contributed by atoms with van der Waals surface area (Å²) in [5.74, 6) is 0.456. The molecule has 16 heavy (non-hydrogen) atoms. The van der Waals surface area contributed by atoms with Crippen molar-refractivity contribution in [1.29, 1.82) is 0 Å². The molecule has 0 rings (SSSR count). The maximum Gasteiger partial charge on any atom is 0.133 e. The lowest BCUT2D eigenvalue weighted by atomic mass is 10.2. The molecule has 0 fully saturated rings. The van der Waals surface area contributed by atoms with E-state index >= 15 is 0 Å². The van der Waals surface area contributed by atoms with E-state index in [9.17, 15) is 9.59 Å². The Morgan fingerprint density at radius 1 is 0.688 bits per heavy atom. The van der Waals surface area contributed by atoms with Crippen molar-refractivity contribution in [3.8, 4) is 0 Å². The molecule has 0 heterocycles. The van der Waals surface area contributed by atoms with E-state index in [1.54, 1.807) is 13.8 Å². The van der Waals surface area contributed by atoms with Gasteiger partial charge in [-0.25, -0.2) is 0 Å². The topological polar surface area (TPSA) is 34.1 Å². The van der Waals surface area contributed by atoms with Crippen molar-refractivity contribution in [3.63, 3.8) is 0 Å². The van der Waals surface area contributed by atoms with Crippen molar-refractivity contribution in [2.24, 2.45) is 0 Å².